The summed E-state index contributed by atoms with van der Waals surface area (Å²) in [6.07, 6.45) is 0.0458. The fraction of sp³-hybridized carbons (Fsp3) is 0.333. The number of nitro benzene ring substituents is 1. The van der Waals surface area contributed by atoms with Crippen molar-refractivity contribution in [1.82, 2.24) is 5.32 Å². The first-order valence-electron chi connectivity index (χ1n) is 5.83. The average Bonchev–Trinajstić information content (AvgIpc) is 2.38. The number of rotatable bonds is 6. The second kappa shape index (κ2) is 7.44. The van der Waals surface area contributed by atoms with Gasteiger partial charge in [0.2, 0.25) is 0 Å². The van der Waals surface area contributed by atoms with Gasteiger partial charge in [-0.25, -0.2) is 0 Å². The molecule has 0 radical (unpaired) electrons. The molecule has 0 heterocycles. The lowest BCUT2D eigenvalue weighted by molar-refractivity contribution is -0.384. The predicted octanol–water partition coefficient (Wildman–Crippen LogP) is 1.93. The lowest BCUT2D eigenvalue weighted by atomic mass is 10.2. The molecule has 8 heteroatoms. The molecule has 1 rings (SSSR count). The Bertz CT molecular complexity index is 533. The topological polar surface area (TPSA) is 98.5 Å². The maximum Gasteiger partial charge on any atom is 0.307 e. The third-order valence-corrected chi connectivity index (χ3v) is 2.64. The summed E-state index contributed by atoms with van der Waals surface area (Å²) in [5.74, 6) is -0.920. The SMILES string of the molecule is CCOC(=O)CCNC(=O)c1ccc([N+](=O)[O-])cc1Cl. The standard InChI is InChI=1S/C12H13ClN2O5/c1-2-20-11(16)5-6-14-12(17)9-4-3-8(15(18)19)7-10(9)13/h3-4,7H,2,5-6H2,1H3,(H,14,17). The van der Waals surface area contributed by atoms with Crippen molar-refractivity contribution in [2.24, 2.45) is 0 Å². The molecule has 0 unspecified atom stereocenters. The van der Waals surface area contributed by atoms with Gasteiger partial charge < -0.3 is 10.1 Å². The Hall–Kier alpha value is -2.15. The molecule has 0 bridgehead atoms. The fourth-order valence-electron chi connectivity index (χ4n) is 1.41. The van der Waals surface area contributed by atoms with Gasteiger partial charge >= 0.3 is 5.97 Å². The van der Waals surface area contributed by atoms with Crippen LogP contribution in [-0.4, -0.2) is 30.0 Å². The Morgan fingerprint density at radius 2 is 2.15 bits per heavy atom. The number of hydrogen-bond donors (Lipinski definition) is 1. The van der Waals surface area contributed by atoms with E-state index in [1.807, 2.05) is 0 Å². The Morgan fingerprint density at radius 1 is 1.45 bits per heavy atom. The quantitative estimate of drug-likeness (QED) is 0.491. The second-order valence-corrected chi connectivity index (χ2v) is 4.14. The van der Waals surface area contributed by atoms with Gasteiger partial charge in [-0.15, -0.1) is 0 Å². The van der Waals surface area contributed by atoms with E-state index in [0.29, 0.717) is 0 Å². The first kappa shape index (κ1) is 15.9. The molecule has 0 aliphatic heterocycles. The van der Waals surface area contributed by atoms with Gasteiger partial charge in [-0.3, -0.25) is 19.7 Å². The van der Waals surface area contributed by atoms with Crippen LogP contribution in [-0.2, 0) is 9.53 Å². The van der Waals surface area contributed by atoms with Crippen LogP contribution in [0.1, 0.15) is 23.7 Å². The van der Waals surface area contributed by atoms with E-state index in [1.165, 1.54) is 12.1 Å². The molecule has 0 aliphatic carbocycles. The van der Waals surface area contributed by atoms with Crippen molar-refractivity contribution in [2.45, 2.75) is 13.3 Å². The maximum atomic E-state index is 11.8. The summed E-state index contributed by atoms with van der Waals surface area (Å²) in [6, 6.07) is 3.55. The van der Waals surface area contributed by atoms with Crippen LogP contribution < -0.4 is 5.32 Å². The van der Waals surface area contributed by atoms with E-state index in [1.54, 1.807) is 6.92 Å². The van der Waals surface area contributed by atoms with Gasteiger partial charge in [0.05, 0.1) is 28.5 Å². The van der Waals surface area contributed by atoms with Gasteiger partial charge in [0.1, 0.15) is 0 Å². The van der Waals surface area contributed by atoms with E-state index >= 15 is 0 Å². The normalized spacial score (nSPS) is 9.90. The van der Waals surface area contributed by atoms with Gasteiger partial charge in [-0.1, -0.05) is 11.6 Å². The van der Waals surface area contributed by atoms with E-state index in [-0.39, 0.29) is 35.8 Å². The minimum Gasteiger partial charge on any atom is -0.466 e. The smallest absolute Gasteiger partial charge is 0.307 e. The van der Waals surface area contributed by atoms with E-state index in [0.717, 1.165) is 6.07 Å². The number of nitro groups is 1. The van der Waals surface area contributed by atoms with Gasteiger partial charge in [0, 0.05) is 18.7 Å². The molecule has 108 valence electrons. The van der Waals surface area contributed by atoms with Crippen LogP contribution in [0.2, 0.25) is 5.02 Å². The van der Waals surface area contributed by atoms with Crippen LogP contribution in [0.15, 0.2) is 18.2 Å². The third kappa shape index (κ3) is 4.51. The number of nitrogens with zero attached hydrogens (tertiary/aromatic N) is 1. The molecule has 0 saturated carbocycles. The van der Waals surface area contributed by atoms with Crippen molar-refractivity contribution in [3.05, 3.63) is 38.9 Å². The minimum atomic E-state index is -0.603. The number of benzene rings is 1. The molecule has 1 N–H and O–H groups in total. The van der Waals surface area contributed by atoms with E-state index in [9.17, 15) is 19.7 Å². The molecule has 20 heavy (non-hydrogen) atoms. The highest BCUT2D eigenvalue weighted by molar-refractivity contribution is 6.34. The molecule has 0 fully saturated rings. The van der Waals surface area contributed by atoms with Crippen LogP contribution in [0, 0.1) is 10.1 Å². The molecule has 0 spiro atoms. The highest BCUT2D eigenvalue weighted by Crippen LogP contribution is 2.22. The van der Waals surface area contributed by atoms with Crippen molar-refractivity contribution in [3.63, 3.8) is 0 Å². The van der Waals surface area contributed by atoms with Crippen LogP contribution in [0.4, 0.5) is 5.69 Å². The molecule has 0 saturated heterocycles. The summed E-state index contributed by atoms with van der Waals surface area (Å²) >= 11 is 5.80. The molecule has 1 amide bonds. The molecule has 0 aliphatic rings. The van der Waals surface area contributed by atoms with Crippen molar-refractivity contribution < 1.29 is 19.2 Å². The molecule has 0 atom stereocenters. The zero-order valence-electron chi connectivity index (χ0n) is 10.7. The zero-order valence-corrected chi connectivity index (χ0v) is 11.5. The highest BCUT2D eigenvalue weighted by Gasteiger charge is 2.14. The monoisotopic (exact) mass is 300 g/mol. The lowest BCUT2D eigenvalue weighted by Crippen LogP contribution is -2.26. The zero-order chi connectivity index (χ0) is 15.1. The molecule has 1 aromatic rings. The summed E-state index contributed by atoms with van der Waals surface area (Å²) in [5, 5.41) is 13.0. The summed E-state index contributed by atoms with van der Waals surface area (Å²) in [4.78, 5) is 32.8. The largest absolute Gasteiger partial charge is 0.466 e. The number of nitrogens with one attached hydrogen (secondary N) is 1. The maximum absolute atomic E-state index is 11.8. The van der Waals surface area contributed by atoms with E-state index in [4.69, 9.17) is 16.3 Å². The summed E-state index contributed by atoms with van der Waals surface area (Å²) in [7, 11) is 0. The molecular formula is C12H13ClN2O5. The average molecular weight is 301 g/mol. The Kier molecular flexibility index (Phi) is 5.92. The van der Waals surface area contributed by atoms with Crippen molar-refractivity contribution >= 4 is 29.2 Å². The van der Waals surface area contributed by atoms with Crippen LogP contribution >= 0.6 is 11.6 Å². The number of amides is 1. The van der Waals surface area contributed by atoms with Gasteiger partial charge in [0.25, 0.3) is 11.6 Å². The van der Waals surface area contributed by atoms with Crippen LogP contribution in [0.3, 0.4) is 0 Å². The predicted molar refractivity (Wildman–Crippen MR) is 71.7 cm³/mol. The fourth-order valence-corrected chi connectivity index (χ4v) is 1.67. The summed E-state index contributed by atoms with van der Waals surface area (Å²) < 4.78 is 4.70. The Labute approximate surface area is 120 Å². The van der Waals surface area contributed by atoms with Crippen LogP contribution in [0.5, 0.6) is 0 Å². The van der Waals surface area contributed by atoms with Crippen molar-refractivity contribution in [1.29, 1.82) is 0 Å². The van der Waals surface area contributed by atoms with Gasteiger partial charge in [-0.2, -0.15) is 0 Å². The number of esters is 1. The number of ether oxygens (including phenoxy) is 1. The molecule has 0 aromatic heterocycles. The molecule has 7 nitrogen and oxygen atoms in total. The number of non-ortho nitro benzene ring substituents is 1. The number of carbonyl (C=O) groups excluding carboxylic acids is 2. The van der Waals surface area contributed by atoms with E-state index < -0.39 is 16.8 Å². The Morgan fingerprint density at radius 3 is 2.70 bits per heavy atom. The van der Waals surface area contributed by atoms with Crippen molar-refractivity contribution in [2.75, 3.05) is 13.2 Å². The summed E-state index contributed by atoms with van der Waals surface area (Å²) in [6.45, 7) is 2.07. The van der Waals surface area contributed by atoms with Crippen LogP contribution in [0.25, 0.3) is 0 Å². The third-order valence-electron chi connectivity index (χ3n) is 2.33. The Balaban J connectivity index is 2.60. The number of carbonyl (C=O) groups is 2. The van der Waals surface area contributed by atoms with Gasteiger partial charge in [0.15, 0.2) is 0 Å². The van der Waals surface area contributed by atoms with Crippen molar-refractivity contribution in [3.8, 4) is 0 Å². The number of halogens is 1. The highest BCUT2D eigenvalue weighted by atomic mass is 35.5. The summed E-state index contributed by atoms with van der Waals surface area (Å²) in [5.41, 5.74) is -0.0841. The first-order chi connectivity index (χ1) is 9.45. The number of hydrogen-bond acceptors (Lipinski definition) is 5. The first-order valence-corrected chi connectivity index (χ1v) is 6.21. The minimum absolute atomic E-state index is 0.0205. The van der Waals surface area contributed by atoms with E-state index in [2.05, 4.69) is 5.32 Å². The second-order valence-electron chi connectivity index (χ2n) is 3.73. The molecule has 1 aromatic carbocycles. The lowest BCUT2D eigenvalue weighted by Gasteiger charge is -2.06. The van der Waals surface area contributed by atoms with Gasteiger partial charge in [-0.05, 0) is 13.0 Å². The molecular weight excluding hydrogens is 288 g/mol.